The Morgan fingerprint density at radius 1 is 1.00 bits per heavy atom. The summed E-state index contributed by atoms with van der Waals surface area (Å²) in [6.07, 6.45) is 0. The third kappa shape index (κ3) is 5.13. The van der Waals surface area contributed by atoms with E-state index in [0.717, 1.165) is 4.90 Å². The lowest BCUT2D eigenvalue weighted by molar-refractivity contribution is 0.253. The van der Waals surface area contributed by atoms with E-state index in [1.54, 1.807) is 0 Å². The average Bonchev–Trinajstić information content (AvgIpc) is 2.13. The van der Waals surface area contributed by atoms with Gasteiger partial charge in [0, 0.05) is 10.4 Å². The quantitative estimate of drug-likeness (QED) is 0.753. The van der Waals surface area contributed by atoms with Crippen molar-refractivity contribution in [3.63, 3.8) is 0 Å². The minimum Gasteiger partial charge on any atom is -0.342 e. The number of carbonyl (C=O) groups is 1. The van der Waals surface area contributed by atoms with Crippen LogP contribution >= 0.6 is 11.8 Å². The molecule has 0 saturated carbocycles. The predicted octanol–water partition coefficient (Wildman–Crippen LogP) is 4.58. The number of hydrogen-bond donors (Lipinski definition) is 1. The monoisotopic (exact) mass is 265 g/mol. The molecule has 0 spiro atoms. The SMILES string of the molecule is CC(C)(C)NC(=O)Sc1ccc(C(C)(C)C)cc1. The summed E-state index contributed by atoms with van der Waals surface area (Å²) in [5.74, 6) is 0. The lowest BCUT2D eigenvalue weighted by atomic mass is 9.87. The Morgan fingerprint density at radius 3 is 1.89 bits per heavy atom. The molecule has 0 fully saturated rings. The van der Waals surface area contributed by atoms with E-state index in [9.17, 15) is 4.79 Å². The highest BCUT2D eigenvalue weighted by Gasteiger charge is 2.16. The van der Waals surface area contributed by atoms with Crippen LogP contribution in [-0.2, 0) is 5.41 Å². The average molecular weight is 265 g/mol. The minimum atomic E-state index is -0.185. The summed E-state index contributed by atoms with van der Waals surface area (Å²) in [5.41, 5.74) is 1.25. The van der Waals surface area contributed by atoms with Gasteiger partial charge in [0.25, 0.3) is 5.24 Å². The first-order valence-electron chi connectivity index (χ1n) is 6.18. The third-order valence-corrected chi connectivity index (χ3v) is 3.20. The van der Waals surface area contributed by atoms with Crippen molar-refractivity contribution in [3.05, 3.63) is 29.8 Å². The molecule has 1 aromatic carbocycles. The first-order valence-corrected chi connectivity index (χ1v) is 7.00. The summed E-state index contributed by atoms with van der Waals surface area (Å²) in [6, 6.07) is 8.19. The molecule has 0 radical (unpaired) electrons. The van der Waals surface area contributed by atoms with Crippen LogP contribution in [0.15, 0.2) is 29.2 Å². The molecule has 0 heterocycles. The molecule has 0 aliphatic heterocycles. The van der Waals surface area contributed by atoms with Gasteiger partial charge in [0.05, 0.1) is 0 Å². The molecule has 2 nitrogen and oxygen atoms in total. The molecule has 1 aromatic rings. The van der Waals surface area contributed by atoms with Crippen LogP contribution in [0.3, 0.4) is 0 Å². The minimum absolute atomic E-state index is 0.00833. The maximum absolute atomic E-state index is 11.8. The number of carbonyl (C=O) groups excluding carboxylic acids is 1. The van der Waals surface area contributed by atoms with Crippen LogP contribution in [0.25, 0.3) is 0 Å². The number of benzene rings is 1. The number of rotatable bonds is 1. The highest BCUT2D eigenvalue weighted by molar-refractivity contribution is 8.13. The van der Waals surface area contributed by atoms with Crippen molar-refractivity contribution in [2.24, 2.45) is 0 Å². The van der Waals surface area contributed by atoms with Crippen molar-refractivity contribution in [2.75, 3.05) is 0 Å². The van der Waals surface area contributed by atoms with Crippen LogP contribution in [0.4, 0.5) is 4.79 Å². The van der Waals surface area contributed by atoms with Gasteiger partial charge in [-0.15, -0.1) is 0 Å². The summed E-state index contributed by atoms with van der Waals surface area (Å²) in [5, 5.41) is 2.93. The first kappa shape index (κ1) is 15.1. The van der Waals surface area contributed by atoms with Crippen LogP contribution in [0.5, 0.6) is 0 Å². The lowest BCUT2D eigenvalue weighted by Crippen LogP contribution is -2.38. The van der Waals surface area contributed by atoms with Crippen molar-refractivity contribution in [1.29, 1.82) is 0 Å². The Labute approximate surface area is 115 Å². The Bertz CT molecular complexity index is 410. The molecule has 18 heavy (non-hydrogen) atoms. The molecule has 1 rings (SSSR count). The van der Waals surface area contributed by atoms with E-state index in [-0.39, 0.29) is 16.2 Å². The van der Waals surface area contributed by atoms with E-state index >= 15 is 0 Å². The molecular formula is C15H23NOS. The fraction of sp³-hybridized carbons (Fsp3) is 0.533. The fourth-order valence-electron chi connectivity index (χ4n) is 1.46. The van der Waals surface area contributed by atoms with Gasteiger partial charge in [0.2, 0.25) is 0 Å². The summed E-state index contributed by atoms with van der Waals surface area (Å²) in [6.45, 7) is 12.5. The van der Waals surface area contributed by atoms with E-state index in [2.05, 4.69) is 38.2 Å². The molecule has 0 aliphatic rings. The number of amides is 1. The van der Waals surface area contributed by atoms with Crippen LogP contribution < -0.4 is 5.32 Å². The predicted molar refractivity (Wildman–Crippen MR) is 79.3 cm³/mol. The van der Waals surface area contributed by atoms with Crippen molar-refractivity contribution < 1.29 is 4.79 Å². The van der Waals surface area contributed by atoms with E-state index in [0.29, 0.717) is 0 Å². The second-order valence-electron chi connectivity index (χ2n) is 6.54. The van der Waals surface area contributed by atoms with Gasteiger partial charge in [0.1, 0.15) is 0 Å². The first-order chi connectivity index (χ1) is 8.08. The number of nitrogens with one attached hydrogen (secondary N) is 1. The fourth-order valence-corrected chi connectivity index (χ4v) is 2.31. The molecule has 0 saturated heterocycles. The van der Waals surface area contributed by atoms with Gasteiger partial charge in [-0.1, -0.05) is 32.9 Å². The van der Waals surface area contributed by atoms with Gasteiger partial charge in [-0.2, -0.15) is 0 Å². The highest BCUT2D eigenvalue weighted by Crippen LogP contribution is 2.26. The van der Waals surface area contributed by atoms with E-state index < -0.39 is 0 Å². The zero-order valence-electron chi connectivity index (χ0n) is 12.1. The van der Waals surface area contributed by atoms with Gasteiger partial charge in [-0.05, 0) is 55.6 Å². The molecule has 0 unspecified atom stereocenters. The molecule has 1 N–H and O–H groups in total. The Hall–Kier alpha value is -0.960. The number of hydrogen-bond acceptors (Lipinski definition) is 2. The van der Waals surface area contributed by atoms with Crippen LogP contribution in [0.2, 0.25) is 0 Å². The molecule has 1 amide bonds. The van der Waals surface area contributed by atoms with Crippen molar-refractivity contribution in [1.82, 2.24) is 5.32 Å². The van der Waals surface area contributed by atoms with Gasteiger partial charge < -0.3 is 5.32 Å². The smallest absolute Gasteiger partial charge is 0.284 e. The Kier molecular flexibility index (Phi) is 4.49. The summed E-state index contributed by atoms with van der Waals surface area (Å²) in [7, 11) is 0. The molecule has 0 aliphatic carbocycles. The zero-order valence-corrected chi connectivity index (χ0v) is 12.9. The van der Waals surface area contributed by atoms with Crippen LogP contribution in [0.1, 0.15) is 47.1 Å². The van der Waals surface area contributed by atoms with Gasteiger partial charge in [-0.3, -0.25) is 4.79 Å². The molecule has 0 aromatic heterocycles. The molecule has 100 valence electrons. The van der Waals surface area contributed by atoms with Crippen LogP contribution in [-0.4, -0.2) is 10.8 Å². The molecular weight excluding hydrogens is 242 g/mol. The summed E-state index contributed by atoms with van der Waals surface area (Å²) in [4.78, 5) is 12.7. The topological polar surface area (TPSA) is 29.1 Å². The maximum atomic E-state index is 11.8. The Morgan fingerprint density at radius 2 is 1.50 bits per heavy atom. The number of thioether (sulfide) groups is 1. The lowest BCUT2D eigenvalue weighted by Gasteiger charge is -2.20. The largest absolute Gasteiger partial charge is 0.342 e. The van der Waals surface area contributed by atoms with Crippen molar-refractivity contribution in [3.8, 4) is 0 Å². The standard InChI is InChI=1S/C15H23NOS/c1-14(2,3)11-7-9-12(10-8-11)18-13(17)16-15(4,5)6/h7-10H,1-6H3,(H,16,17). The zero-order chi connectivity index (χ0) is 14.0. The second-order valence-corrected chi connectivity index (χ2v) is 7.59. The molecule has 0 bridgehead atoms. The maximum Gasteiger partial charge on any atom is 0.284 e. The van der Waals surface area contributed by atoms with Gasteiger partial charge in [-0.25, -0.2) is 0 Å². The van der Waals surface area contributed by atoms with E-state index in [1.807, 2.05) is 32.9 Å². The Balaban J connectivity index is 2.67. The molecule has 3 heteroatoms. The summed E-state index contributed by atoms with van der Waals surface area (Å²) >= 11 is 1.24. The highest BCUT2D eigenvalue weighted by atomic mass is 32.2. The summed E-state index contributed by atoms with van der Waals surface area (Å²) < 4.78 is 0. The van der Waals surface area contributed by atoms with Crippen molar-refractivity contribution >= 4 is 17.0 Å². The van der Waals surface area contributed by atoms with E-state index in [4.69, 9.17) is 0 Å². The van der Waals surface area contributed by atoms with Gasteiger partial charge in [0.15, 0.2) is 0 Å². The second kappa shape index (κ2) is 5.35. The third-order valence-electron chi connectivity index (χ3n) is 2.41. The van der Waals surface area contributed by atoms with Gasteiger partial charge >= 0.3 is 0 Å². The van der Waals surface area contributed by atoms with Crippen molar-refractivity contribution in [2.45, 2.75) is 57.4 Å². The van der Waals surface area contributed by atoms with E-state index in [1.165, 1.54) is 17.3 Å². The molecule has 0 atom stereocenters. The van der Waals surface area contributed by atoms with Crippen LogP contribution in [0, 0.1) is 0 Å². The normalized spacial score (nSPS) is 12.3.